The average Bonchev–Trinajstić information content (AvgIpc) is 2.88. The van der Waals surface area contributed by atoms with Crippen molar-refractivity contribution < 1.29 is 36.2 Å². The van der Waals surface area contributed by atoms with Crippen molar-refractivity contribution >= 4 is 5.97 Å². The van der Waals surface area contributed by atoms with Gasteiger partial charge in [0, 0.05) is 5.56 Å². The second-order valence-electron chi connectivity index (χ2n) is 7.89. The largest absolute Gasteiger partial charge is 0.487 e. The van der Waals surface area contributed by atoms with E-state index in [-0.39, 0.29) is 23.5 Å². The molecule has 0 amide bonds. The topological polar surface area (TPSA) is 35.5 Å². The standard InChI is InChI=1S/C28H23F5O3/c1-2-3-4-5-6-17-35-27-25(32)23(30)22(24(31)26(27)33)16-9-18-7-14-21(15-8-18)36-28(34)19-10-12-20(29)13-11-19/h7-8,10-15H,2-6,17H2,1H3. The smallest absolute Gasteiger partial charge is 0.343 e. The van der Waals surface area contributed by atoms with Gasteiger partial charge in [0.2, 0.25) is 11.6 Å². The summed E-state index contributed by atoms with van der Waals surface area (Å²) in [5.41, 5.74) is -0.685. The van der Waals surface area contributed by atoms with Crippen LogP contribution in [0, 0.1) is 40.9 Å². The van der Waals surface area contributed by atoms with Crippen LogP contribution in [0.5, 0.6) is 11.5 Å². The zero-order valence-corrected chi connectivity index (χ0v) is 19.5. The predicted molar refractivity (Wildman–Crippen MR) is 124 cm³/mol. The summed E-state index contributed by atoms with van der Waals surface area (Å²) in [5.74, 6) is -4.22. The van der Waals surface area contributed by atoms with Gasteiger partial charge >= 0.3 is 5.97 Å². The first-order valence-electron chi connectivity index (χ1n) is 11.4. The lowest BCUT2D eigenvalue weighted by molar-refractivity contribution is 0.0734. The minimum atomic E-state index is -1.65. The molecular formula is C28H23F5O3. The molecule has 0 saturated heterocycles. The number of halogens is 5. The number of esters is 1. The molecule has 0 aliphatic rings. The van der Waals surface area contributed by atoms with Gasteiger partial charge in [-0.25, -0.2) is 18.0 Å². The van der Waals surface area contributed by atoms with Crippen LogP contribution in [0.15, 0.2) is 48.5 Å². The summed E-state index contributed by atoms with van der Waals surface area (Å²) in [4.78, 5) is 12.1. The van der Waals surface area contributed by atoms with E-state index in [1.165, 1.54) is 36.4 Å². The highest BCUT2D eigenvalue weighted by molar-refractivity contribution is 5.91. The van der Waals surface area contributed by atoms with Gasteiger partial charge in [0.25, 0.3) is 0 Å². The normalized spacial score (nSPS) is 10.5. The van der Waals surface area contributed by atoms with E-state index in [2.05, 4.69) is 11.8 Å². The minimum Gasteiger partial charge on any atom is -0.487 e. The Bertz CT molecular complexity index is 1230. The Morgan fingerprint density at radius 2 is 1.36 bits per heavy atom. The summed E-state index contributed by atoms with van der Waals surface area (Å²) in [6, 6.07) is 10.3. The fraction of sp³-hybridized carbons (Fsp3) is 0.250. The molecule has 36 heavy (non-hydrogen) atoms. The molecule has 0 heterocycles. The van der Waals surface area contributed by atoms with Gasteiger partial charge in [0.05, 0.1) is 12.2 Å². The highest BCUT2D eigenvalue weighted by Gasteiger charge is 2.26. The third kappa shape index (κ3) is 6.85. The number of benzene rings is 3. The Balaban J connectivity index is 1.69. The maximum atomic E-state index is 14.4. The molecule has 0 spiro atoms. The maximum Gasteiger partial charge on any atom is 0.343 e. The molecule has 0 atom stereocenters. The third-order valence-electron chi connectivity index (χ3n) is 5.19. The monoisotopic (exact) mass is 502 g/mol. The van der Waals surface area contributed by atoms with Crippen molar-refractivity contribution in [2.75, 3.05) is 6.61 Å². The van der Waals surface area contributed by atoms with Crippen LogP contribution in [0.25, 0.3) is 0 Å². The van der Waals surface area contributed by atoms with Crippen LogP contribution in [0.1, 0.15) is 60.5 Å². The van der Waals surface area contributed by atoms with E-state index < -0.39 is 46.4 Å². The van der Waals surface area contributed by atoms with Crippen molar-refractivity contribution in [2.45, 2.75) is 39.0 Å². The number of rotatable bonds is 9. The summed E-state index contributed by atoms with van der Waals surface area (Å²) < 4.78 is 80.7. The second kappa shape index (κ2) is 12.7. The number of carbonyl (C=O) groups is 1. The highest BCUT2D eigenvalue weighted by atomic mass is 19.2. The molecule has 0 radical (unpaired) electrons. The van der Waals surface area contributed by atoms with Crippen molar-refractivity contribution in [2.24, 2.45) is 0 Å². The Morgan fingerprint density at radius 1 is 0.750 bits per heavy atom. The summed E-state index contributed by atoms with van der Waals surface area (Å²) in [6.07, 6.45) is 4.25. The summed E-state index contributed by atoms with van der Waals surface area (Å²) >= 11 is 0. The van der Waals surface area contributed by atoms with Crippen LogP contribution < -0.4 is 9.47 Å². The molecule has 8 heteroatoms. The van der Waals surface area contributed by atoms with Gasteiger partial charge in [-0.3, -0.25) is 0 Å². The molecule has 3 aromatic carbocycles. The van der Waals surface area contributed by atoms with Gasteiger partial charge < -0.3 is 9.47 Å². The van der Waals surface area contributed by atoms with Crippen molar-refractivity contribution in [1.82, 2.24) is 0 Å². The number of ether oxygens (including phenoxy) is 2. The SMILES string of the molecule is CCCCCCCOc1c(F)c(F)c(C#Cc2ccc(OC(=O)c3ccc(F)cc3)cc2)c(F)c1F. The van der Waals surface area contributed by atoms with Crippen molar-refractivity contribution in [1.29, 1.82) is 0 Å². The molecule has 188 valence electrons. The first-order chi connectivity index (χ1) is 17.3. The Morgan fingerprint density at radius 3 is 1.97 bits per heavy atom. The van der Waals surface area contributed by atoms with Crippen LogP contribution >= 0.6 is 0 Å². The highest BCUT2D eigenvalue weighted by Crippen LogP contribution is 2.30. The van der Waals surface area contributed by atoms with Crippen LogP contribution in [0.4, 0.5) is 22.0 Å². The van der Waals surface area contributed by atoms with E-state index in [1.807, 2.05) is 6.92 Å². The third-order valence-corrected chi connectivity index (χ3v) is 5.19. The van der Waals surface area contributed by atoms with Gasteiger partial charge in [0.15, 0.2) is 17.4 Å². The van der Waals surface area contributed by atoms with Crippen LogP contribution in [0.2, 0.25) is 0 Å². The fourth-order valence-corrected chi connectivity index (χ4v) is 3.22. The van der Waals surface area contributed by atoms with E-state index >= 15 is 0 Å². The van der Waals surface area contributed by atoms with E-state index in [0.717, 1.165) is 37.8 Å². The molecule has 0 bridgehead atoms. The lowest BCUT2D eigenvalue weighted by Crippen LogP contribution is -2.08. The molecule has 0 unspecified atom stereocenters. The Labute approximate surface area is 205 Å². The molecule has 3 rings (SSSR count). The summed E-state index contributed by atoms with van der Waals surface area (Å²) in [7, 11) is 0. The first-order valence-corrected chi connectivity index (χ1v) is 11.4. The zero-order valence-electron chi connectivity index (χ0n) is 19.5. The van der Waals surface area contributed by atoms with Gasteiger partial charge in [0.1, 0.15) is 17.1 Å². The van der Waals surface area contributed by atoms with Crippen molar-refractivity contribution in [3.63, 3.8) is 0 Å². The lowest BCUT2D eigenvalue weighted by Gasteiger charge is -2.11. The van der Waals surface area contributed by atoms with Gasteiger partial charge in [-0.2, -0.15) is 8.78 Å². The maximum absolute atomic E-state index is 14.4. The predicted octanol–water partition coefficient (Wildman–Crippen LogP) is 7.35. The molecule has 0 N–H and O–H groups in total. The number of hydrogen-bond donors (Lipinski definition) is 0. The minimum absolute atomic E-state index is 0.0699. The van der Waals surface area contributed by atoms with Gasteiger partial charge in [-0.1, -0.05) is 44.4 Å². The zero-order chi connectivity index (χ0) is 26.1. The molecular weight excluding hydrogens is 479 g/mol. The summed E-state index contributed by atoms with van der Waals surface area (Å²) in [5, 5.41) is 0. The number of unbranched alkanes of at least 4 members (excludes halogenated alkanes) is 4. The van der Waals surface area contributed by atoms with E-state index in [9.17, 15) is 26.7 Å². The molecule has 0 aliphatic heterocycles. The molecule has 3 nitrogen and oxygen atoms in total. The summed E-state index contributed by atoms with van der Waals surface area (Å²) in [6.45, 7) is 1.97. The van der Waals surface area contributed by atoms with Gasteiger partial charge in [-0.05, 0) is 55.0 Å². The second-order valence-corrected chi connectivity index (χ2v) is 7.89. The molecule has 0 fully saturated rings. The van der Waals surface area contributed by atoms with Crippen LogP contribution in [-0.2, 0) is 0 Å². The Kier molecular flexibility index (Phi) is 9.46. The Hall–Kier alpha value is -3.86. The lowest BCUT2D eigenvalue weighted by atomic mass is 10.1. The van der Waals surface area contributed by atoms with Crippen LogP contribution in [-0.4, -0.2) is 12.6 Å². The van der Waals surface area contributed by atoms with Gasteiger partial charge in [-0.15, -0.1) is 0 Å². The van der Waals surface area contributed by atoms with Crippen molar-refractivity contribution in [3.05, 3.63) is 94.3 Å². The van der Waals surface area contributed by atoms with E-state index in [4.69, 9.17) is 9.47 Å². The molecule has 3 aromatic rings. The number of carbonyl (C=O) groups excluding carboxylic acids is 1. The first kappa shape index (κ1) is 26.7. The van der Waals surface area contributed by atoms with Crippen LogP contribution in [0.3, 0.4) is 0 Å². The fourth-order valence-electron chi connectivity index (χ4n) is 3.22. The van der Waals surface area contributed by atoms with E-state index in [0.29, 0.717) is 6.42 Å². The van der Waals surface area contributed by atoms with E-state index in [1.54, 1.807) is 0 Å². The molecule has 0 aliphatic carbocycles. The van der Waals surface area contributed by atoms with Crippen molar-refractivity contribution in [3.8, 4) is 23.3 Å². The molecule has 0 saturated carbocycles. The quantitative estimate of drug-likeness (QED) is 0.0767. The number of hydrogen-bond acceptors (Lipinski definition) is 3. The molecule has 0 aromatic heterocycles. The average molecular weight is 502 g/mol.